The molecule has 14 heteroatoms. The van der Waals surface area contributed by atoms with Crippen LogP contribution in [0.15, 0.2) is 24.5 Å². The smallest absolute Gasteiger partial charge is 0.475 e. The summed E-state index contributed by atoms with van der Waals surface area (Å²) in [6, 6.07) is 3.33. The first-order valence-corrected chi connectivity index (χ1v) is 12.4. The van der Waals surface area contributed by atoms with Crippen LogP contribution in [0.5, 0.6) is 0 Å². The van der Waals surface area contributed by atoms with E-state index in [1.54, 1.807) is 35.8 Å². The third-order valence-electron chi connectivity index (χ3n) is 7.23. The van der Waals surface area contributed by atoms with Gasteiger partial charge < -0.3 is 20.6 Å². The zero-order valence-corrected chi connectivity index (χ0v) is 21.3. The Morgan fingerprint density at radius 1 is 1.23 bits per heavy atom. The van der Waals surface area contributed by atoms with Gasteiger partial charge in [0.1, 0.15) is 5.82 Å². The van der Waals surface area contributed by atoms with Crippen molar-refractivity contribution >= 4 is 40.1 Å². The molecular formula is C25H27F4N7O3. The van der Waals surface area contributed by atoms with Crippen molar-refractivity contribution < 1.29 is 32.3 Å². The van der Waals surface area contributed by atoms with Crippen LogP contribution >= 0.6 is 0 Å². The monoisotopic (exact) mass is 549 g/mol. The number of carbonyl (C=O) groups is 2. The number of benzene rings is 1. The molecule has 0 bridgehead atoms. The minimum atomic E-state index is -5.08. The molecule has 0 atom stereocenters. The predicted molar refractivity (Wildman–Crippen MR) is 136 cm³/mol. The van der Waals surface area contributed by atoms with Crippen LogP contribution in [-0.2, 0) is 18.3 Å². The van der Waals surface area contributed by atoms with Crippen LogP contribution in [0.3, 0.4) is 0 Å². The van der Waals surface area contributed by atoms with E-state index in [4.69, 9.17) is 9.90 Å². The lowest BCUT2D eigenvalue weighted by molar-refractivity contribution is -0.192. The van der Waals surface area contributed by atoms with Gasteiger partial charge in [0.2, 0.25) is 0 Å². The van der Waals surface area contributed by atoms with E-state index in [1.807, 2.05) is 6.20 Å². The topological polar surface area (TPSA) is 116 Å². The van der Waals surface area contributed by atoms with Gasteiger partial charge in [0.25, 0.3) is 0 Å². The summed E-state index contributed by atoms with van der Waals surface area (Å²) in [7, 11) is 1.80. The molecule has 2 amide bonds. The van der Waals surface area contributed by atoms with E-state index in [2.05, 4.69) is 31.7 Å². The fourth-order valence-electron chi connectivity index (χ4n) is 5.12. The molecule has 3 aromatic rings. The van der Waals surface area contributed by atoms with E-state index in [0.29, 0.717) is 23.4 Å². The molecule has 1 spiro atoms. The largest absolute Gasteiger partial charge is 0.490 e. The molecule has 1 saturated carbocycles. The molecule has 0 radical (unpaired) electrons. The number of hydrogen-bond donors (Lipinski definition) is 3. The van der Waals surface area contributed by atoms with Gasteiger partial charge in [-0.05, 0) is 38.3 Å². The van der Waals surface area contributed by atoms with E-state index in [1.165, 1.54) is 12.8 Å². The van der Waals surface area contributed by atoms with Gasteiger partial charge in [0.05, 0.1) is 11.2 Å². The molecule has 10 nitrogen and oxygen atoms in total. The van der Waals surface area contributed by atoms with Crippen molar-refractivity contribution in [2.75, 3.05) is 41.3 Å². The molecular weight excluding hydrogens is 522 g/mol. The first-order valence-electron chi connectivity index (χ1n) is 12.4. The SMILES string of the molecule is Cc1c(F)c(NC(=O)N2CCc3c(N4CCNC5(CC5)C4)ccnc32)cc2cn(C)nc12.O=C(O)C(F)(F)F. The van der Waals surface area contributed by atoms with Crippen molar-refractivity contribution in [3.05, 3.63) is 41.5 Å². The number of fused-ring (bicyclic) bond motifs is 2. The summed E-state index contributed by atoms with van der Waals surface area (Å²) in [5, 5.41) is 18.6. The maximum absolute atomic E-state index is 15.0. The second kappa shape index (κ2) is 9.67. The predicted octanol–water partition coefficient (Wildman–Crippen LogP) is 3.59. The molecule has 1 saturated heterocycles. The lowest BCUT2D eigenvalue weighted by atomic mass is 10.1. The standard InChI is InChI=1S/C23H26FN7O.C2HF3O2/c1-14-19(24)17(11-15-12-29(2)28-20(14)15)27-22(32)31-9-4-16-18(3-7-25-21(16)31)30-10-8-26-23(13-30)5-6-23;3-2(4,5)1(6)7/h3,7,11-12,26H,4-6,8-10,13H2,1-2H3,(H,27,32);(H,6,7). The number of aliphatic carboxylic acids is 1. The van der Waals surface area contributed by atoms with Crippen LogP contribution in [0.1, 0.15) is 24.0 Å². The fraction of sp³-hybridized carbons (Fsp3) is 0.440. The molecule has 2 fully saturated rings. The third-order valence-corrected chi connectivity index (χ3v) is 7.23. The second-order valence-corrected chi connectivity index (χ2v) is 10.00. The van der Waals surface area contributed by atoms with Crippen LogP contribution in [0.4, 0.5) is 39.5 Å². The number of nitrogens with zero attached hydrogens (tertiary/aromatic N) is 5. The van der Waals surface area contributed by atoms with Gasteiger partial charge in [-0.15, -0.1) is 0 Å². The average molecular weight is 550 g/mol. The number of nitrogens with one attached hydrogen (secondary N) is 2. The Balaban J connectivity index is 0.000000392. The summed E-state index contributed by atoms with van der Waals surface area (Å²) in [4.78, 5) is 30.6. The van der Waals surface area contributed by atoms with Crippen molar-refractivity contribution in [3.63, 3.8) is 0 Å². The fourth-order valence-corrected chi connectivity index (χ4v) is 5.12. The molecule has 2 aliphatic heterocycles. The summed E-state index contributed by atoms with van der Waals surface area (Å²) < 4.78 is 48.3. The maximum atomic E-state index is 15.0. The zero-order valence-electron chi connectivity index (χ0n) is 21.3. The van der Waals surface area contributed by atoms with Crippen molar-refractivity contribution in [2.45, 2.75) is 37.9 Å². The Labute approximate surface area is 220 Å². The molecule has 1 aliphatic carbocycles. The lowest BCUT2D eigenvalue weighted by Crippen LogP contribution is -2.52. The molecule has 39 heavy (non-hydrogen) atoms. The van der Waals surface area contributed by atoms with Crippen LogP contribution in [0.25, 0.3) is 10.9 Å². The number of hydrogen-bond acceptors (Lipinski definition) is 6. The average Bonchev–Trinajstić information content (AvgIpc) is 3.29. The Morgan fingerprint density at radius 2 is 1.95 bits per heavy atom. The number of amides is 2. The highest BCUT2D eigenvalue weighted by Gasteiger charge is 2.46. The Kier molecular flexibility index (Phi) is 6.61. The van der Waals surface area contributed by atoms with E-state index in [-0.39, 0.29) is 17.3 Å². The van der Waals surface area contributed by atoms with Crippen LogP contribution in [-0.4, -0.2) is 69.8 Å². The number of piperazine rings is 1. The molecule has 6 rings (SSSR count). The molecule has 3 N–H and O–H groups in total. The number of aromatic nitrogens is 3. The highest BCUT2D eigenvalue weighted by molar-refractivity contribution is 6.04. The Bertz CT molecular complexity index is 1450. The molecule has 4 heterocycles. The summed E-state index contributed by atoms with van der Waals surface area (Å²) in [6.45, 7) is 5.11. The first kappa shape index (κ1) is 26.7. The number of anilines is 3. The molecule has 208 valence electrons. The van der Waals surface area contributed by atoms with Gasteiger partial charge in [-0.25, -0.2) is 19.0 Å². The second-order valence-electron chi connectivity index (χ2n) is 10.00. The summed E-state index contributed by atoms with van der Waals surface area (Å²) >= 11 is 0. The number of aryl methyl sites for hydroxylation is 2. The number of pyridine rings is 1. The van der Waals surface area contributed by atoms with Crippen LogP contribution < -0.4 is 20.4 Å². The number of carboxylic acids is 1. The first-order chi connectivity index (χ1) is 18.4. The lowest BCUT2D eigenvalue weighted by Gasteiger charge is -2.36. The van der Waals surface area contributed by atoms with Crippen LogP contribution in [0, 0.1) is 12.7 Å². The van der Waals surface area contributed by atoms with Gasteiger partial charge in [-0.1, -0.05) is 0 Å². The number of alkyl halides is 3. The van der Waals surface area contributed by atoms with Crippen molar-refractivity contribution in [2.24, 2.45) is 7.05 Å². The summed E-state index contributed by atoms with van der Waals surface area (Å²) in [6.07, 6.45) is 1.69. The normalized spacial score (nSPS) is 17.6. The van der Waals surface area contributed by atoms with E-state index in [9.17, 15) is 22.4 Å². The van der Waals surface area contributed by atoms with Crippen molar-refractivity contribution in [1.82, 2.24) is 20.1 Å². The number of urea groups is 1. The number of rotatable bonds is 2. The zero-order chi connectivity index (χ0) is 28.1. The molecule has 2 aromatic heterocycles. The Morgan fingerprint density at radius 3 is 2.62 bits per heavy atom. The van der Waals surface area contributed by atoms with Gasteiger partial charge in [-0.3, -0.25) is 9.58 Å². The number of carbonyl (C=O) groups excluding carboxylic acids is 1. The number of carboxylic acid groups (broad SMARTS) is 1. The van der Waals surface area contributed by atoms with Gasteiger partial charge in [0.15, 0.2) is 5.82 Å². The minimum Gasteiger partial charge on any atom is -0.475 e. The van der Waals surface area contributed by atoms with Gasteiger partial charge in [0, 0.05) is 73.4 Å². The minimum absolute atomic E-state index is 0.162. The maximum Gasteiger partial charge on any atom is 0.490 e. The van der Waals surface area contributed by atoms with E-state index >= 15 is 0 Å². The molecule has 1 aromatic carbocycles. The van der Waals surface area contributed by atoms with E-state index < -0.39 is 18.0 Å². The molecule has 3 aliphatic rings. The molecule has 0 unspecified atom stereocenters. The Hall–Kier alpha value is -3.94. The third kappa shape index (κ3) is 5.20. The highest BCUT2D eigenvalue weighted by Crippen LogP contribution is 2.41. The van der Waals surface area contributed by atoms with Crippen molar-refractivity contribution in [3.8, 4) is 0 Å². The van der Waals surface area contributed by atoms with Gasteiger partial charge in [-0.2, -0.15) is 18.3 Å². The van der Waals surface area contributed by atoms with E-state index in [0.717, 1.165) is 42.7 Å². The summed E-state index contributed by atoms with van der Waals surface area (Å²) in [5.41, 5.74) is 3.72. The van der Waals surface area contributed by atoms with Gasteiger partial charge >= 0.3 is 18.2 Å². The summed E-state index contributed by atoms with van der Waals surface area (Å²) in [5.74, 6) is -2.54. The quantitative estimate of drug-likeness (QED) is 0.419. The van der Waals surface area contributed by atoms with Crippen LogP contribution in [0.2, 0.25) is 0 Å². The highest BCUT2D eigenvalue weighted by atomic mass is 19.4. The number of halogens is 4. The van der Waals surface area contributed by atoms with Crippen molar-refractivity contribution in [1.29, 1.82) is 0 Å².